The highest BCUT2D eigenvalue weighted by atomic mass is 15.2. The Hall–Kier alpha value is -1.57. The van der Waals surface area contributed by atoms with Gasteiger partial charge in [0, 0.05) is 37.9 Å². The zero-order chi connectivity index (χ0) is 13.8. The van der Waals surface area contributed by atoms with Crippen LogP contribution >= 0.6 is 0 Å². The molecule has 0 radical (unpaired) electrons. The normalized spacial score (nSPS) is 24.8. The zero-order valence-corrected chi connectivity index (χ0v) is 11.7. The maximum atomic E-state index is 8.85. The fourth-order valence-electron chi connectivity index (χ4n) is 2.76. The summed E-state index contributed by atoms with van der Waals surface area (Å²) in [7, 11) is 2.15. The van der Waals surface area contributed by atoms with E-state index in [0.717, 1.165) is 19.6 Å². The highest BCUT2D eigenvalue weighted by Gasteiger charge is 2.24. The van der Waals surface area contributed by atoms with Gasteiger partial charge in [-0.25, -0.2) is 0 Å². The van der Waals surface area contributed by atoms with Gasteiger partial charge >= 0.3 is 0 Å². The van der Waals surface area contributed by atoms with Crippen molar-refractivity contribution in [1.82, 2.24) is 4.90 Å². The molecule has 2 unspecified atom stereocenters. The van der Waals surface area contributed by atoms with Crippen LogP contribution in [-0.2, 0) is 0 Å². The van der Waals surface area contributed by atoms with E-state index in [9.17, 15) is 0 Å². The largest absolute Gasteiger partial charge is 0.370 e. The Morgan fingerprint density at radius 2 is 1.95 bits per heavy atom. The number of nitrogens with two attached hydrogens (primary N) is 1. The number of hydrogen-bond donors (Lipinski definition) is 1. The smallest absolute Gasteiger partial charge is 0.0991 e. The molecule has 0 aromatic heterocycles. The van der Waals surface area contributed by atoms with Gasteiger partial charge in [-0.1, -0.05) is 6.92 Å². The third kappa shape index (κ3) is 3.25. The quantitative estimate of drug-likeness (QED) is 0.868. The molecular weight excluding hydrogens is 236 g/mol. The van der Waals surface area contributed by atoms with Crippen molar-refractivity contribution in [3.05, 3.63) is 29.8 Å². The first kappa shape index (κ1) is 13.9. The molecule has 19 heavy (non-hydrogen) atoms. The molecule has 102 valence electrons. The Labute approximate surface area is 115 Å². The van der Waals surface area contributed by atoms with Crippen LogP contribution < -0.4 is 10.6 Å². The number of nitrogens with zero attached hydrogens (tertiary/aromatic N) is 3. The standard InChI is InChI=1S/C15H22N4/c1-12-9-18(2)15(8-17)11-19(10-12)14-5-3-13(7-16)4-6-14/h3-6,12,15H,8-11,17H2,1-2H3. The van der Waals surface area contributed by atoms with E-state index in [0.29, 0.717) is 24.1 Å². The second-order valence-electron chi connectivity index (χ2n) is 5.50. The first-order valence-electron chi connectivity index (χ1n) is 6.79. The van der Waals surface area contributed by atoms with E-state index in [1.54, 1.807) is 0 Å². The predicted molar refractivity (Wildman–Crippen MR) is 78.0 cm³/mol. The highest BCUT2D eigenvalue weighted by molar-refractivity contribution is 5.50. The van der Waals surface area contributed by atoms with Gasteiger partial charge < -0.3 is 15.5 Å². The molecule has 1 heterocycles. The lowest BCUT2D eigenvalue weighted by Crippen LogP contribution is -2.43. The molecule has 4 nitrogen and oxygen atoms in total. The lowest BCUT2D eigenvalue weighted by molar-refractivity contribution is 0.244. The molecule has 1 aromatic rings. The van der Waals surface area contributed by atoms with E-state index in [1.165, 1.54) is 5.69 Å². The first-order chi connectivity index (χ1) is 9.13. The number of benzene rings is 1. The molecule has 1 fully saturated rings. The van der Waals surface area contributed by atoms with Gasteiger partial charge in [0.05, 0.1) is 11.6 Å². The minimum atomic E-state index is 0.389. The number of anilines is 1. The average Bonchev–Trinajstić information content (AvgIpc) is 2.57. The summed E-state index contributed by atoms with van der Waals surface area (Å²) in [6.07, 6.45) is 0. The Morgan fingerprint density at radius 3 is 2.53 bits per heavy atom. The Balaban J connectivity index is 2.19. The van der Waals surface area contributed by atoms with Crippen molar-refractivity contribution in [1.29, 1.82) is 5.26 Å². The molecule has 2 rings (SSSR count). The molecule has 1 aliphatic rings. The summed E-state index contributed by atoms with van der Waals surface area (Å²) in [5.74, 6) is 0.609. The summed E-state index contributed by atoms with van der Waals surface area (Å²) in [5, 5.41) is 8.85. The van der Waals surface area contributed by atoms with Crippen molar-refractivity contribution in [2.45, 2.75) is 13.0 Å². The van der Waals surface area contributed by atoms with Crippen LogP contribution in [-0.4, -0.2) is 44.2 Å². The number of nitriles is 1. The summed E-state index contributed by atoms with van der Waals surface area (Å²) in [6.45, 7) is 6.01. The van der Waals surface area contributed by atoms with E-state index in [4.69, 9.17) is 11.0 Å². The van der Waals surface area contributed by atoms with E-state index in [-0.39, 0.29) is 0 Å². The molecule has 1 saturated heterocycles. The van der Waals surface area contributed by atoms with Gasteiger partial charge in [-0.2, -0.15) is 5.26 Å². The van der Waals surface area contributed by atoms with Crippen molar-refractivity contribution in [3.8, 4) is 6.07 Å². The van der Waals surface area contributed by atoms with E-state index < -0.39 is 0 Å². The maximum absolute atomic E-state index is 8.85. The van der Waals surface area contributed by atoms with Gasteiger partial charge in [-0.05, 0) is 37.2 Å². The Bertz CT molecular complexity index is 448. The van der Waals surface area contributed by atoms with E-state index in [1.807, 2.05) is 24.3 Å². The van der Waals surface area contributed by atoms with Crippen LogP contribution in [0.5, 0.6) is 0 Å². The zero-order valence-electron chi connectivity index (χ0n) is 11.7. The Kier molecular flexibility index (Phi) is 4.41. The fraction of sp³-hybridized carbons (Fsp3) is 0.533. The molecule has 0 amide bonds. The number of likely N-dealkylation sites (N-methyl/N-ethyl adjacent to an activating group) is 1. The fourth-order valence-corrected chi connectivity index (χ4v) is 2.76. The molecule has 2 atom stereocenters. The van der Waals surface area contributed by atoms with Crippen LogP contribution in [0.2, 0.25) is 0 Å². The van der Waals surface area contributed by atoms with Crippen molar-refractivity contribution in [2.75, 3.05) is 38.1 Å². The highest BCUT2D eigenvalue weighted by Crippen LogP contribution is 2.21. The van der Waals surface area contributed by atoms with E-state index >= 15 is 0 Å². The van der Waals surface area contributed by atoms with Gasteiger partial charge in [0.1, 0.15) is 0 Å². The van der Waals surface area contributed by atoms with Gasteiger partial charge in [0.15, 0.2) is 0 Å². The van der Waals surface area contributed by atoms with Crippen molar-refractivity contribution >= 4 is 5.69 Å². The van der Waals surface area contributed by atoms with Crippen LogP contribution in [0, 0.1) is 17.2 Å². The van der Waals surface area contributed by atoms with Crippen LogP contribution in [0.25, 0.3) is 0 Å². The van der Waals surface area contributed by atoms with Gasteiger partial charge in [-0.15, -0.1) is 0 Å². The SMILES string of the molecule is CC1CN(c2ccc(C#N)cc2)CC(CN)N(C)C1. The molecule has 1 aliphatic heterocycles. The number of rotatable bonds is 2. The molecule has 2 N–H and O–H groups in total. The predicted octanol–water partition coefficient (Wildman–Crippen LogP) is 1.27. The van der Waals surface area contributed by atoms with Crippen molar-refractivity contribution < 1.29 is 0 Å². The summed E-state index contributed by atoms with van der Waals surface area (Å²) in [6, 6.07) is 10.4. The van der Waals surface area contributed by atoms with Gasteiger partial charge in [0.2, 0.25) is 0 Å². The minimum absolute atomic E-state index is 0.389. The van der Waals surface area contributed by atoms with E-state index in [2.05, 4.69) is 29.8 Å². The second kappa shape index (κ2) is 6.05. The monoisotopic (exact) mass is 258 g/mol. The first-order valence-corrected chi connectivity index (χ1v) is 6.79. The van der Waals surface area contributed by atoms with Crippen LogP contribution in [0.3, 0.4) is 0 Å². The average molecular weight is 258 g/mol. The molecule has 0 saturated carbocycles. The minimum Gasteiger partial charge on any atom is -0.370 e. The summed E-state index contributed by atoms with van der Waals surface area (Å²) < 4.78 is 0. The van der Waals surface area contributed by atoms with Crippen LogP contribution in [0.1, 0.15) is 12.5 Å². The molecule has 0 aliphatic carbocycles. The molecule has 4 heteroatoms. The lowest BCUT2D eigenvalue weighted by Gasteiger charge is -2.29. The van der Waals surface area contributed by atoms with Crippen LogP contribution in [0.15, 0.2) is 24.3 Å². The molecular formula is C15H22N4. The molecule has 1 aromatic carbocycles. The third-order valence-corrected chi connectivity index (χ3v) is 3.82. The van der Waals surface area contributed by atoms with Gasteiger partial charge in [-0.3, -0.25) is 0 Å². The van der Waals surface area contributed by atoms with Crippen LogP contribution in [0.4, 0.5) is 5.69 Å². The lowest BCUT2D eigenvalue weighted by atomic mass is 10.1. The Morgan fingerprint density at radius 1 is 1.26 bits per heavy atom. The topological polar surface area (TPSA) is 56.3 Å². The summed E-state index contributed by atoms with van der Waals surface area (Å²) >= 11 is 0. The van der Waals surface area contributed by atoms with Crippen molar-refractivity contribution in [3.63, 3.8) is 0 Å². The number of hydrogen-bond acceptors (Lipinski definition) is 4. The summed E-state index contributed by atoms with van der Waals surface area (Å²) in [4.78, 5) is 4.74. The second-order valence-corrected chi connectivity index (χ2v) is 5.50. The van der Waals surface area contributed by atoms with Crippen molar-refractivity contribution in [2.24, 2.45) is 11.7 Å². The molecule has 0 spiro atoms. The maximum Gasteiger partial charge on any atom is 0.0991 e. The third-order valence-electron chi connectivity index (χ3n) is 3.82. The summed E-state index contributed by atoms with van der Waals surface area (Å²) in [5.41, 5.74) is 7.77. The van der Waals surface area contributed by atoms with Gasteiger partial charge in [0.25, 0.3) is 0 Å². The molecule has 0 bridgehead atoms.